The summed E-state index contributed by atoms with van der Waals surface area (Å²) < 4.78 is 9.99. The summed E-state index contributed by atoms with van der Waals surface area (Å²) in [6.07, 6.45) is 0.221. The molecular formula is C12H20N4O4. The maximum atomic E-state index is 11.5. The molecule has 1 heterocycles. The summed E-state index contributed by atoms with van der Waals surface area (Å²) in [6, 6.07) is 0.0749. The van der Waals surface area contributed by atoms with Gasteiger partial charge in [-0.1, -0.05) is 18.9 Å². The Morgan fingerprint density at radius 3 is 2.70 bits per heavy atom. The van der Waals surface area contributed by atoms with Crippen molar-refractivity contribution >= 4 is 17.9 Å². The van der Waals surface area contributed by atoms with Crippen LogP contribution >= 0.6 is 0 Å². The van der Waals surface area contributed by atoms with Crippen LogP contribution in [-0.2, 0) is 14.3 Å². The molecule has 0 saturated heterocycles. The first kappa shape index (κ1) is 16.1. The molecule has 0 unspecified atom stereocenters. The molecule has 0 saturated carbocycles. The number of ether oxygens (including phenoxy) is 1. The van der Waals surface area contributed by atoms with Crippen molar-refractivity contribution in [3.05, 3.63) is 5.89 Å². The van der Waals surface area contributed by atoms with E-state index in [0.717, 1.165) is 0 Å². The minimum absolute atomic E-state index is 0.0544. The molecule has 0 aliphatic heterocycles. The largest absolute Gasteiger partial charge is 0.466 e. The van der Waals surface area contributed by atoms with E-state index in [-0.39, 0.29) is 36.8 Å². The van der Waals surface area contributed by atoms with E-state index >= 15 is 0 Å². The Labute approximate surface area is 117 Å². The normalized spacial score (nSPS) is 10.6. The quantitative estimate of drug-likeness (QED) is 0.534. The van der Waals surface area contributed by atoms with Crippen LogP contribution in [0.25, 0.3) is 0 Å². The number of amides is 1. The lowest BCUT2D eigenvalue weighted by Crippen LogP contribution is -2.30. The number of esters is 1. The van der Waals surface area contributed by atoms with Gasteiger partial charge in [0.25, 0.3) is 0 Å². The molecule has 0 fully saturated rings. The minimum Gasteiger partial charge on any atom is -0.466 e. The van der Waals surface area contributed by atoms with E-state index in [2.05, 4.69) is 20.8 Å². The van der Waals surface area contributed by atoms with Crippen LogP contribution in [0.1, 0.15) is 39.0 Å². The van der Waals surface area contributed by atoms with Crippen LogP contribution in [0.2, 0.25) is 0 Å². The van der Waals surface area contributed by atoms with E-state index in [9.17, 15) is 9.59 Å². The number of carbonyl (C=O) groups is 2. The van der Waals surface area contributed by atoms with Crippen LogP contribution in [0.15, 0.2) is 4.42 Å². The summed E-state index contributed by atoms with van der Waals surface area (Å²) >= 11 is 0. The smallest absolute Gasteiger partial charge is 0.322 e. The van der Waals surface area contributed by atoms with E-state index < -0.39 is 0 Å². The van der Waals surface area contributed by atoms with Crippen LogP contribution < -0.4 is 10.6 Å². The Kier molecular flexibility index (Phi) is 6.65. The molecule has 0 spiro atoms. The van der Waals surface area contributed by atoms with Crippen molar-refractivity contribution < 1.29 is 18.7 Å². The highest BCUT2D eigenvalue weighted by atomic mass is 16.5. The number of hydrogen-bond donors (Lipinski definition) is 2. The van der Waals surface area contributed by atoms with E-state index in [1.807, 2.05) is 13.8 Å². The Morgan fingerprint density at radius 1 is 1.35 bits per heavy atom. The summed E-state index contributed by atoms with van der Waals surface area (Å²) in [5.74, 6) is -0.0295. The lowest BCUT2D eigenvalue weighted by Gasteiger charge is -2.04. The fourth-order valence-corrected chi connectivity index (χ4v) is 1.31. The van der Waals surface area contributed by atoms with Gasteiger partial charge in [-0.3, -0.25) is 14.9 Å². The van der Waals surface area contributed by atoms with Crippen LogP contribution in [0, 0.1) is 0 Å². The molecule has 112 valence electrons. The number of hydrogen-bond acceptors (Lipinski definition) is 7. The molecule has 0 bridgehead atoms. The first-order valence-corrected chi connectivity index (χ1v) is 6.52. The highest BCUT2D eigenvalue weighted by molar-refractivity contribution is 5.90. The molecule has 8 heteroatoms. The van der Waals surface area contributed by atoms with Crippen molar-refractivity contribution in [1.29, 1.82) is 0 Å². The Morgan fingerprint density at radius 2 is 2.10 bits per heavy atom. The van der Waals surface area contributed by atoms with Gasteiger partial charge in [-0.05, 0) is 6.92 Å². The zero-order valence-electron chi connectivity index (χ0n) is 11.9. The number of aromatic nitrogens is 2. The van der Waals surface area contributed by atoms with Gasteiger partial charge in [0.1, 0.15) is 0 Å². The van der Waals surface area contributed by atoms with Gasteiger partial charge in [0.05, 0.1) is 19.6 Å². The molecule has 1 aromatic heterocycles. The number of nitrogens with one attached hydrogen (secondary N) is 2. The van der Waals surface area contributed by atoms with Gasteiger partial charge in [0.2, 0.25) is 11.8 Å². The second-order valence-corrected chi connectivity index (χ2v) is 4.38. The SMILES string of the molecule is CCOC(=O)CCNCC(=O)Nc1nnc(C(C)C)o1. The molecule has 2 N–H and O–H groups in total. The summed E-state index contributed by atoms with van der Waals surface area (Å²) in [4.78, 5) is 22.6. The summed E-state index contributed by atoms with van der Waals surface area (Å²) in [6.45, 7) is 6.35. The summed E-state index contributed by atoms with van der Waals surface area (Å²) in [7, 11) is 0. The Hall–Kier alpha value is -1.96. The predicted octanol–water partition coefficient (Wildman–Crippen LogP) is 0.674. The number of nitrogens with zero attached hydrogens (tertiary/aromatic N) is 2. The molecule has 8 nitrogen and oxygen atoms in total. The third kappa shape index (κ3) is 5.79. The van der Waals surface area contributed by atoms with Crippen molar-refractivity contribution in [2.45, 2.75) is 33.1 Å². The van der Waals surface area contributed by atoms with Crippen LogP contribution in [0.4, 0.5) is 6.01 Å². The number of anilines is 1. The highest BCUT2D eigenvalue weighted by Crippen LogP contribution is 2.14. The van der Waals surface area contributed by atoms with E-state index in [4.69, 9.17) is 9.15 Å². The molecule has 0 aliphatic carbocycles. The van der Waals surface area contributed by atoms with Crippen molar-refractivity contribution in [3.8, 4) is 0 Å². The standard InChI is InChI=1S/C12H20N4O4/c1-4-19-10(18)5-6-13-7-9(17)14-12-16-15-11(20-12)8(2)3/h8,13H,4-7H2,1-3H3,(H,14,16,17). The highest BCUT2D eigenvalue weighted by Gasteiger charge is 2.11. The average Bonchev–Trinajstić information content (AvgIpc) is 2.83. The third-order valence-corrected chi connectivity index (χ3v) is 2.28. The van der Waals surface area contributed by atoms with Gasteiger partial charge in [-0.15, -0.1) is 5.10 Å². The van der Waals surface area contributed by atoms with E-state index in [1.165, 1.54) is 0 Å². The van der Waals surface area contributed by atoms with Crippen LogP contribution in [0.3, 0.4) is 0 Å². The van der Waals surface area contributed by atoms with Crippen molar-refractivity contribution in [2.75, 3.05) is 25.0 Å². The molecule has 20 heavy (non-hydrogen) atoms. The second-order valence-electron chi connectivity index (χ2n) is 4.38. The molecule has 0 aromatic carbocycles. The van der Waals surface area contributed by atoms with Crippen LogP contribution in [-0.4, -0.2) is 41.8 Å². The Balaban J connectivity index is 2.21. The molecule has 0 radical (unpaired) electrons. The fraction of sp³-hybridized carbons (Fsp3) is 0.667. The van der Waals surface area contributed by atoms with Gasteiger partial charge in [-0.2, -0.15) is 0 Å². The van der Waals surface area contributed by atoms with E-state index in [0.29, 0.717) is 19.0 Å². The first-order valence-electron chi connectivity index (χ1n) is 6.52. The first-order chi connectivity index (χ1) is 9.52. The summed E-state index contributed by atoms with van der Waals surface area (Å²) in [5, 5.41) is 12.8. The molecular weight excluding hydrogens is 264 g/mol. The summed E-state index contributed by atoms with van der Waals surface area (Å²) in [5.41, 5.74) is 0. The predicted molar refractivity (Wildman–Crippen MR) is 71.1 cm³/mol. The molecule has 1 rings (SSSR count). The van der Waals surface area contributed by atoms with Gasteiger partial charge in [0.15, 0.2) is 0 Å². The van der Waals surface area contributed by atoms with Crippen LogP contribution in [0.5, 0.6) is 0 Å². The van der Waals surface area contributed by atoms with Crippen molar-refractivity contribution in [2.24, 2.45) is 0 Å². The van der Waals surface area contributed by atoms with Gasteiger partial charge >= 0.3 is 12.0 Å². The molecule has 1 aromatic rings. The number of carbonyl (C=O) groups excluding carboxylic acids is 2. The van der Waals surface area contributed by atoms with Gasteiger partial charge < -0.3 is 14.5 Å². The van der Waals surface area contributed by atoms with Crippen molar-refractivity contribution in [1.82, 2.24) is 15.5 Å². The fourth-order valence-electron chi connectivity index (χ4n) is 1.31. The third-order valence-electron chi connectivity index (χ3n) is 2.28. The monoisotopic (exact) mass is 284 g/mol. The lowest BCUT2D eigenvalue weighted by atomic mass is 10.2. The zero-order valence-corrected chi connectivity index (χ0v) is 11.9. The van der Waals surface area contributed by atoms with E-state index in [1.54, 1.807) is 6.92 Å². The average molecular weight is 284 g/mol. The molecule has 0 atom stereocenters. The van der Waals surface area contributed by atoms with Gasteiger partial charge in [0, 0.05) is 12.5 Å². The zero-order chi connectivity index (χ0) is 15.0. The second kappa shape index (κ2) is 8.26. The topological polar surface area (TPSA) is 106 Å². The maximum absolute atomic E-state index is 11.5. The molecule has 1 amide bonds. The Bertz CT molecular complexity index is 444. The molecule has 0 aliphatic rings. The minimum atomic E-state index is -0.312. The number of rotatable bonds is 8. The van der Waals surface area contributed by atoms with Gasteiger partial charge in [-0.25, -0.2) is 0 Å². The maximum Gasteiger partial charge on any atom is 0.322 e. The lowest BCUT2D eigenvalue weighted by molar-refractivity contribution is -0.143. The van der Waals surface area contributed by atoms with Crippen molar-refractivity contribution in [3.63, 3.8) is 0 Å².